The van der Waals surface area contributed by atoms with Gasteiger partial charge in [0, 0.05) is 12.3 Å². The fourth-order valence-corrected chi connectivity index (χ4v) is 1.94. The lowest BCUT2D eigenvalue weighted by Gasteiger charge is -2.14. The van der Waals surface area contributed by atoms with E-state index in [0.717, 1.165) is 4.73 Å². The molecule has 0 N–H and O–H groups in total. The van der Waals surface area contributed by atoms with Gasteiger partial charge in [0.25, 0.3) is 5.88 Å². The number of aromatic nitrogens is 2. The van der Waals surface area contributed by atoms with Crippen molar-refractivity contribution in [2.45, 2.75) is 13.8 Å². The molecule has 2 heterocycles. The monoisotopic (exact) mass is 326 g/mol. The first-order valence-electron chi connectivity index (χ1n) is 6.63. The second-order valence-corrected chi connectivity index (χ2v) is 4.74. The maximum atomic E-state index is 13.5. The Morgan fingerprint density at radius 2 is 2.27 bits per heavy atom. The molecule has 118 valence electrons. The summed E-state index contributed by atoms with van der Waals surface area (Å²) in [6.45, 7) is 7.75. The molecule has 0 unspecified atom stereocenters. The second-order valence-electron chi connectivity index (χ2n) is 4.35. The SMILES string of the molecule is C=C(COc1ncccc1On1c(Cl)cc(F)c1C)OCC. The third kappa shape index (κ3) is 3.71. The Kier molecular flexibility index (Phi) is 5.27. The molecule has 0 radical (unpaired) electrons. The molecule has 0 aliphatic rings. The maximum Gasteiger partial charge on any atom is 0.260 e. The van der Waals surface area contributed by atoms with Crippen LogP contribution in [-0.2, 0) is 4.74 Å². The fraction of sp³-hybridized carbons (Fsp3) is 0.267. The molecule has 0 aromatic carbocycles. The molecule has 0 bridgehead atoms. The summed E-state index contributed by atoms with van der Waals surface area (Å²) in [5.74, 6) is 0.543. The summed E-state index contributed by atoms with van der Waals surface area (Å²) in [7, 11) is 0. The first-order chi connectivity index (χ1) is 10.5. The molecular formula is C15H16ClFN2O3. The Balaban J connectivity index is 2.16. The number of halogens is 2. The summed E-state index contributed by atoms with van der Waals surface area (Å²) < 4.78 is 25.3. The molecule has 0 atom stereocenters. The standard InChI is InChI=1S/C15H16ClFN2O3/c1-4-20-10(2)9-21-15-13(6-5-7-18-15)22-19-11(3)12(17)8-14(19)16/h5-8H,2,4,9H2,1,3H3. The van der Waals surface area contributed by atoms with Crippen LogP contribution in [0.1, 0.15) is 12.6 Å². The van der Waals surface area contributed by atoms with E-state index in [9.17, 15) is 4.39 Å². The molecule has 22 heavy (non-hydrogen) atoms. The zero-order chi connectivity index (χ0) is 16.1. The van der Waals surface area contributed by atoms with Crippen molar-refractivity contribution in [3.05, 3.63) is 53.4 Å². The molecule has 0 spiro atoms. The highest BCUT2D eigenvalue weighted by atomic mass is 35.5. The second kappa shape index (κ2) is 7.17. The van der Waals surface area contributed by atoms with Crippen molar-refractivity contribution in [3.63, 3.8) is 0 Å². The molecule has 0 aliphatic carbocycles. The van der Waals surface area contributed by atoms with Crippen LogP contribution in [0.25, 0.3) is 0 Å². The van der Waals surface area contributed by atoms with Crippen LogP contribution >= 0.6 is 11.6 Å². The number of hydrogen-bond acceptors (Lipinski definition) is 4. The molecule has 2 aromatic heterocycles. The summed E-state index contributed by atoms with van der Waals surface area (Å²) in [6.07, 6.45) is 1.55. The zero-order valence-electron chi connectivity index (χ0n) is 12.3. The molecule has 2 rings (SSSR count). The minimum Gasteiger partial charge on any atom is -0.495 e. The number of nitrogens with zero attached hydrogens (tertiary/aromatic N) is 2. The predicted octanol–water partition coefficient (Wildman–Crippen LogP) is 3.76. The van der Waals surface area contributed by atoms with Crippen molar-refractivity contribution in [1.82, 2.24) is 9.71 Å². The molecule has 7 heteroatoms. The van der Waals surface area contributed by atoms with Crippen molar-refractivity contribution >= 4 is 11.6 Å². The van der Waals surface area contributed by atoms with Crippen LogP contribution in [0.3, 0.4) is 0 Å². The summed E-state index contributed by atoms with van der Waals surface area (Å²) >= 11 is 5.92. The fourth-order valence-electron chi connectivity index (χ4n) is 1.68. The van der Waals surface area contributed by atoms with Gasteiger partial charge in [-0.25, -0.2) is 9.37 Å². The van der Waals surface area contributed by atoms with Gasteiger partial charge in [-0.3, -0.25) is 0 Å². The Bertz CT molecular complexity index is 673. The summed E-state index contributed by atoms with van der Waals surface area (Å²) in [4.78, 5) is 9.65. The van der Waals surface area contributed by atoms with Gasteiger partial charge in [-0.15, -0.1) is 0 Å². The summed E-state index contributed by atoms with van der Waals surface area (Å²) in [5, 5.41) is 0.114. The first-order valence-corrected chi connectivity index (χ1v) is 7.00. The quantitative estimate of drug-likeness (QED) is 0.727. The van der Waals surface area contributed by atoms with Crippen LogP contribution in [0, 0.1) is 12.7 Å². The summed E-state index contributed by atoms with van der Waals surface area (Å²) in [5.41, 5.74) is 0.249. The van der Waals surface area contributed by atoms with E-state index in [1.54, 1.807) is 25.3 Å². The molecule has 0 saturated carbocycles. The molecule has 2 aromatic rings. The van der Waals surface area contributed by atoms with Gasteiger partial charge < -0.3 is 14.3 Å². The molecule has 5 nitrogen and oxygen atoms in total. The average molecular weight is 327 g/mol. The van der Waals surface area contributed by atoms with Crippen molar-refractivity contribution < 1.29 is 18.7 Å². The topological polar surface area (TPSA) is 45.5 Å². The van der Waals surface area contributed by atoms with Gasteiger partial charge in [0.15, 0.2) is 0 Å². The van der Waals surface area contributed by atoms with Gasteiger partial charge in [-0.2, -0.15) is 4.73 Å². The third-order valence-electron chi connectivity index (χ3n) is 2.73. The first kappa shape index (κ1) is 16.2. The van der Waals surface area contributed by atoms with E-state index in [-0.39, 0.29) is 23.3 Å². The van der Waals surface area contributed by atoms with Gasteiger partial charge in [0.1, 0.15) is 23.3 Å². The molecule has 0 saturated heterocycles. The number of hydrogen-bond donors (Lipinski definition) is 0. The van der Waals surface area contributed by atoms with E-state index in [1.807, 2.05) is 6.92 Å². The van der Waals surface area contributed by atoms with E-state index in [2.05, 4.69) is 11.6 Å². The number of rotatable bonds is 7. The summed E-state index contributed by atoms with van der Waals surface area (Å²) in [6, 6.07) is 4.48. The van der Waals surface area contributed by atoms with E-state index >= 15 is 0 Å². The van der Waals surface area contributed by atoms with Gasteiger partial charge >= 0.3 is 0 Å². The lowest BCUT2D eigenvalue weighted by atomic mass is 10.4. The number of pyridine rings is 1. The Morgan fingerprint density at radius 3 is 2.91 bits per heavy atom. The van der Waals surface area contributed by atoms with E-state index in [0.29, 0.717) is 18.1 Å². The van der Waals surface area contributed by atoms with Crippen molar-refractivity contribution in [1.29, 1.82) is 0 Å². The van der Waals surface area contributed by atoms with Crippen molar-refractivity contribution in [2.75, 3.05) is 13.2 Å². The van der Waals surface area contributed by atoms with Gasteiger partial charge in [-0.1, -0.05) is 18.2 Å². The molecular weight excluding hydrogens is 311 g/mol. The van der Waals surface area contributed by atoms with Gasteiger partial charge in [-0.05, 0) is 26.0 Å². The predicted molar refractivity (Wildman–Crippen MR) is 80.7 cm³/mol. The minimum absolute atomic E-state index is 0.114. The molecule has 0 amide bonds. The van der Waals surface area contributed by atoms with Crippen LogP contribution in [0.5, 0.6) is 11.6 Å². The van der Waals surface area contributed by atoms with Crippen LogP contribution < -0.4 is 9.57 Å². The van der Waals surface area contributed by atoms with E-state index < -0.39 is 5.82 Å². The lowest BCUT2D eigenvalue weighted by molar-refractivity contribution is 0.164. The highest BCUT2D eigenvalue weighted by Crippen LogP contribution is 2.27. The van der Waals surface area contributed by atoms with Gasteiger partial charge in [0.05, 0.1) is 12.3 Å². The van der Waals surface area contributed by atoms with Crippen molar-refractivity contribution in [3.8, 4) is 11.6 Å². The smallest absolute Gasteiger partial charge is 0.260 e. The third-order valence-corrected chi connectivity index (χ3v) is 3.00. The van der Waals surface area contributed by atoms with Crippen LogP contribution in [0.4, 0.5) is 4.39 Å². The number of ether oxygens (including phenoxy) is 2. The van der Waals surface area contributed by atoms with Crippen molar-refractivity contribution in [2.24, 2.45) is 0 Å². The highest BCUT2D eigenvalue weighted by molar-refractivity contribution is 6.29. The Hall–Kier alpha value is -2.21. The largest absolute Gasteiger partial charge is 0.495 e. The minimum atomic E-state index is -0.457. The Morgan fingerprint density at radius 1 is 1.50 bits per heavy atom. The lowest BCUT2D eigenvalue weighted by Crippen LogP contribution is -2.11. The van der Waals surface area contributed by atoms with Crippen LogP contribution in [0.2, 0.25) is 5.15 Å². The maximum absolute atomic E-state index is 13.5. The average Bonchev–Trinajstić information content (AvgIpc) is 2.73. The normalized spacial score (nSPS) is 10.4. The highest BCUT2D eigenvalue weighted by Gasteiger charge is 2.15. The van der Waals surface area contributed by atoms with E-state index in [4.69, 9.17) is 25.9 Å². The Labute approximate surface area is 132 Å². The molecule has 0 aliphatic heterocycles. The van der Waals surface area contributed by atoms with Crippen LogP contribution in [-0.4, -0.2) is 22.9 Å². The molecule has 0 fully saturated rings. The van der Waals surface area contributed by atoms with E-state index in [1.165, 1.54) is 6.07 Å². The van der Waals surface area contributed by atoms with Crippen LogP contribution in [0.15, 0.2) is 36.7 Å². The van der Waals surface area contributed by atoms with Gasteiger partial charge in [0.2, 0.25) is 5.75 Å². The zero-order valence-corrected chi connectivity index (χ0v) is 13.1.